The summed E-state index contributed by atoms with van der Waals surface area (Å²) in [4.78, 5) is 13.7. The van der Waals surface area contributed by atoms with E-state index in [1.165, 1.54) is 30.1 Å². The van der Waals surface area contributed by atoms with Crippen LogP contribution in [0.5, 0.6) is 11.5 Å². The van der Waals surface area contributed by atoms with E-state index in [0.29, 0.717) is 16.8 Å². The normalized spacial score (nSPS) is 10.7. The number of rotatable bonds is 8. The van der Waals surface area contributed by atoms with Crippen molar-refractivity contribution < 1.29 is 22.7 Å². The van der Waals surface area contributed by atoms with Crippen molar-refractivity contribution in [3.8, 4) is 22.6 Å². The Bertz CT molecular complexity index is 1330. The number of carbonyl (C=O) groups is 1. The smallest absolute Gasteiger partial charge is 0.228 e. The largest absolute Gasteiger partial charge is 0.456 e. The molecular weight excluding hydrogens is 473 g/mol. The molecule has 35 heavy (non-hydrogen) atoms. The van der Waals surface area contributed by atoms with Crippen LogP contribution in [0.4, 0.5) is 18.9 Å². The molecule has 0 saturated heterocycles. The molecule has 1 amide bonds. The maximum Gasteiger partial charge on any atom is 0.228 e. The highest BCUT2D eigenvalue weighted by atomic mass is 32.2. The molecule has 4 aromatic rings. The minimum atomic E-state index is -0.795. The molecule has 0 bridgehead atoms. The van der Waals surface area contributed by atoms with Gasteiger partial charge in [-0.05, 0) is 66.5 Å². The Kier molecular flexibility index (Phi) is 7.74. The first-order valence-electron chi connectivity index (χ1n) is 10.7. The first kappa shape index (κ1) is 24.4. The van der Waals surface area contributed by atoms with E-state index in [9.17, 15) is 18.0 Å². The summed E-state index contributed by atoms with van der Waals surface area (Å²) < 4.78 is 50.0. The van der Waals surface area contributed by atoms with Crippen LogP contribution in [0.1, 0.15) is 5.56 Å². The number of anilines is 1. The average molecular weight is 495 g/mol. The zero-order valence-corrected chi connectivity index (χ0v) is 19.5. The molecule has 0 saturated carbocycles. The number of ether oxygens (including phenoxy) is 1. The SMILES string of the molecule is CNSc1ccc(CC(=O)Nc2ccc(-c3cccc(F)c3)c(Oc3cc(F)cc(F)c3)c2)cc1. The van der Waals surface area contributed by atoms with E-state index in [4.69, 9.17) is 4.74 Å². The van der Waals surface area contributed by atoms with Gasteiger partial charge in [-0.3, -0.25) is 9.52 Å². The molecule has 0 aliphatic carbocycles. The lowest BCUT2D eigenvalue weighted by molar-refractivity contribution is -0.115. The first-order chi connectivity index (χ1) is 16.9. The number of hydrogen-bond acceptors (Lipinski definition) is 4. The van der Waals surface area contributed by atoms with Crippen molar-refractivity contribution >= 4 is 23.5 Å². The van der Waals surface area contributed by atoms with E-state index in [0.717, 1.165) is 28.7 Å². The fraction of sp³-hybridized carbons (Fsp3) is 0.0741. The average Bonchev–Trinajstić information content (AvgIpc) is 2.80. The van der Waals surface area contributed by atoms with Crippen molar-refractivity contribution in [1.29, 1.82) is 0 Å². The second kappa shape index (κ2) is 11.1. The first-order valence-corrected chi connectivity index (χ1v) is 11.5. The fourth-order valence-electron chi connectivity index (χ4n) is 3.48. The van der Waals surface area contributed by atoms with Crippen molar-refractivity contribution in [3.63, 3.8) is 0 Å². The molecule has 4 rings (SSSR count). The van der Waals surface area contributed by atoms with Crippen molar-refractivity contribution in [3.05, 3.63) is 108 Å². The van der Waals surface area contributed by atoms with Crippen LogP contribution < -0.4 is 14.8 Å². The molecule has 0 unspecified atom stereocenters. The minimum absolute atomic E-state index is 0.0665. The molecule has 0 aliphatic heterocycles. The molecule has 0 atom stereocenters. The summed E-state index contributed by atoms with van der Waals surface area (Å²) in [7, 11) is 1.83. The minimum Gasteiger partial charge on any atom is -0.456 e. The number of nitrogens with one attached hydrogen (secondary N) is 2. The Morgan fingerprint density at radius 3 is 2.29 bits per heavy atom. The third-order valence-electron chi connectivity index (χ3n) is 4.97. The van der Waals surface area contributed by atoms with Crippen LogP contribution in [-0.2, 0) is 11.2 Å². The lowest BCUT2D eigenvalue weighted by Gasteiger charge is -2.14. The number of amides is 1. The predicted octanol–water partition coefficient (Wildman–Crippen LogP) is 6.97. The van der Waals surface area contributed by atoms with Gasteiger partial charge in [-0.2, -0.15) is 0 Å². The molecule has 4 aromatic carbocycles. The van der Waals surface area contributed by atoms with Gasteiger partial charge in [0.25, 0.3) is 0 Å². The third-order valence-corrected chi connectivity index (χ3v) is 5.68. The van der Waals surface area contributed by atoms with E-state index in [1.807, 2.05) is 31.3 Å². The summed E-state index contributed by atoms with van der Waals surface area (Å²) in [6, 6.07) is 21.1. The standard InChI is InChI=1S/C27H21F3N2O2S/c1-31-35-24-8-5-17(6-9-24)11-27(33)32-22-7-10-25(18-3-2-4-19(28)12-18)26(16-22)34-23-14-20(29)13-21(30)15-23/h2-10,12-16,31H,11H2,1H3,(H,32,33). The van der Waals surface area contributed by atoms with Gasteiger partial charge in [0.1, 0.15) is 29.0 Å². The van der Waals surface area contributed by atoms with Crippen molar-refractivity contribution in [2.24, 2.45) is 0 Å². The predicted molar refractivity (Wildman–Crippen MR) is 132 cm³/mol. The molecule has 0 spiro atoms. The molecule has 0 aromatic heterocycles. The topological polar surface area (TPSA) is 50.4 Å². The quantitative estimate of drug-likeness (QED) is 0.260. The Labute approximate surface area is 205 Å². The van der Waals surface area contributed by atoms with Crippen LogP contribution >= 0.6 is 11.9 Å². The summed E-state index contributed by atoms with van der Waals surface area (Å²) in [6.07, 6.45) is 0.154. The highest BCUT2D eigenvalue weighted by Gasteiger charge is 2.13. The van der Waals surface area contributed by atoms with Gasteiger partial charge in [-0.25, -0.2) is 13.2 Å². The van der Waals surface area contributed by atoms with E-state index < -0.39 is 17.5 Å². The van der Waals surface area contributed by atoms with Crippen LogP contribution in [0.25, 0.3) is 11.1 Å². The summed E-state index contributed by atoms with van der Waals surface area (Å²) in [5.41, 5.74) is 2.26. The van der Waals surface area contributed by atoms with Gasteiger partial charge in [0, 0.05) is 40.4 Å². The van der Waals surface area contributed by atoms with E-state index in [1.54, 1.807) is 24.3 Å². The van der Waals surface area contributed by atoms with Gasteiger partial charge < -0.3 is 10.1 Å². The Balaban J connectivity index is 1.59. The van der Waals surface area contributed by atoms with Crippen LogP contribution in [0.15, 0.2) is 89.8 Å². The lowest BCUT2D eigenvalue weighted by Crippen LogP contribution is -2.14. The van der Waals surface area contributed by atoms with Crippen molar-refractivity contribution in [2.45, 2.75) is 11.3 Å². The number of halogens is 3. The molecule has 178 valence electrons. The Morgan fingerprint density at radius 2 is 1.60 bits per heavy atom. The fourth-order valence-corrected chi connectivity index (χ4v) is 3.99. The van der Waals surface area contributed by atoms with Gasteiger partial charge >= 0.3 is 0 Å². The van der Waals surface area contributed by atoms with Gasteiger partial charge in [0.2, 0.25) is 5.91 Å². The zero-order chi connectivity index (χ0) is 24.8. The molecule has 2 N–H and O–H groups in total. The second-order valence-corrected chi connectivity index (χ2v) is 8.69. The van der Waals surface area contributed by atoms with E-state index in [-0.39, 0.29) is 23.8 Å². The summed E-state index contributed by atoms with van der Waals surface area (Å²) in [5, 5.41) is 2.81. The molecule has 0 heterocycles. The molecule has 4 nitrogen and oxygen atoms in total. The van der Waals surface area contributed by atoms with Crippen LogP contribution in [-0.4, -0.2) is 13.0 Å². The maximum absolute atomic E-state index is 13.8. The van der Waals surface area contributed by atoms with Crippen LogP contribution in [0.3, 0.4) is 0 Å². The lowest BCUT2D eigenvalue weighted by atomic mass is 10.0. The Morgan fingerprint density at radius 1 is 0.857 bits per heavy atom. The third kappa shape index (κ3) is 6.65. The van der Waals surface area contributed by atoms with Crippen LogP contribution in [0.2, 0.25) is 0 Å². The van der Waals surface area contributed by atoms with Gasteiger partial charge in [-0.15, -0.1) is 0 Å². The molecule has 0 fully saturated rings. The summed E-state index contributed by atoms with van der Waals surface area (Å²) >= 11 is 1.47. The molecule has 8 heteroatoms. The maximum atomic E-state index is 13.8. The molecular formula is C27H21F3N2O2S. The summed E-state index contributed by atoms with van der Waals surface area (Å²) in [5.74, 6) is -2.15. The highest BCUT2D eigenvalue weighted by Crippen LogP contribution is 2.36. The van der Waals surface area contributed by atoms with Gasteiger partial charge in [0.05, 0.1) is 6.42 Å². The summed E-state index contributed by atoms with van der Waals surface area (Å²) in [6.45, 7) is 0. The molecule has 0 aliphatic rings. The number of hydrogen-bond donors (Lipinski definition) is 2. The van der Waals surface area contributed by atoms with Crippen molar-refractivity contribution in [2.75, 3.05) is 12.4 Å². The Hall–Kier alpha value is -3.75. The zero-order valence-electron chi connectivity index (χ0n) is 18.6. The van der Waals surface area contributed by atoms with Gasteiger partial charge in [0.15, 0.2) is 0 Å². The number of carbonyl (C=O) groups excluding carboxylic acids is 1. The van der Waals surface area contributed by atoms with Gasteiger partial charge in [-0.1, -0.05) is 24.3 Å². The van der Waals surface area contributed by atoms with E-state index in [2.05, 4.69) is 10.0 Å². The van der Waals surface area contributed by atoms with E-state index >= 15 is 0 Å². The van der Waals surface area contributed by atoms with Crippen LogP contribution in [0, 0.1) is 17.5 Å². The highest BCUT2D eigenvalue weighted by molar-refractivity contribution is 7.97. The number of benzene rings is 4. The van der Waals surface area contributed by atoms with Crippen molar-refractivity contribution in [1.82, 2.24) is 4.72 Å². The molecule has 0 radical (unpaired) electrons. The monoisotopic (exact) mass is 494 g/mol. The second-order valence-electron chi connectivity index (χ2n) is 7.60.